The maximum Gasteiger partial charge on any atom is 0.352 e. The second-order valence-corrected chi connectivity index (χ2v) is 4.94. The monoisotopic (exact) mass is 305 g/mol. The van der Waals surface area contributed by atoms with Crippen molar-refractivity contribution in [1.82, 2.24) is 4.57 Å². The van der Waals surface area contributed by atoms with Crippen LogP contribution in [-0.4, -0.2) is 15.6 Å². The van der Waals surface area contributed by atoms with Crippen LogP contribution in [0.3, 0.4) is 0 Å². The molecule has 1 N–H and O–H groups in total. The molecular weight excluding hydrogens is 298 g/mol. The Morgan fingerprint density at radius 2 is 2.00 bits per heavy atom. The molecular formula is C14H8ClNO5. The Bertz CT molecular complexity index is 1030. The van der Waals surface area contributed by atoms with Crippen LogP contribution in [0.4, 0.5) is 0 Å². The van der Waals surface area contributed by atoms with Crippen LogP contribution < -0.4 is 10.9 Å². The number of hydrogen-bond acceptors (Lipinski definition) is 4. The molecule has 2 aromatic heterocycles. The first-order valence-electron chi connectivity index (χ1n) is 5.89. The van der Waals surface area contributed by atoms with Gasteiger partial charge in [-0.2, -0.15) is 0 Å². The van der Waals surface area contributed by atoms with Gasteiger partial charge in [0.05, 0.1) is 5.39 Å². The van der Waals surface area contributed by atoms with E-state index in [1.807, 2.05) is 0 Å². The van der Waals surface area contributed by atoms with E-state index in [1.165, 1.54) is 25.2 Å². The number of aromatic carboxylic acids is 1. The van der Waals surface area contributed by atoms with Crippen LogP contribution in [0.25, 0.3) is 22.1 Å². The van der Waals surface area contributed by atoms with Crippen LogP contribution in [0.15, 0.2) is 38.3 Å². The number of aromatic nitrogens is 1. The highest BCUT2D eigenvalue weighted by molar-refractivity contribution is 6.31. The third kappa shape index (κ3) is 1.92. The molecule has 0 saturated carbocycles. The average Bonchev–Trinajstić information content (AvgIpc) is 2.43. The number of hydrogen-bond donors (Lipinski definition) is 1. The van der Waals surface area contributed by atoms with Crippen LogP contribution in [0, 0.1) is 0 Å². The van der Waals surface area contributed by atoms with Gasteiger partial charge in [0.2, 0.25) is 16.4 Å². The van der Waals surface area contributed by atoms with Gasteiger partial charge >= 0.3 is 5.97 Å². The fourth-order valence-corrected chi connectivity index (χ4v) is 2.41. The van der Waals surface area contributed by atoms with Gasteiger partial charge in [-0.15, -0.1) is 0 Å². The van der Waals surface area contributed by atoms with E-state index in [-0.39, 0.29) is 27.8 Å². The lowest BCUT2D eigenvalue weighted by Gasteiger charge is -2.08. The molecule has 1 aromatic carbocycles. The molecule has 0 radical (unpaired) electrons. The molecule has 3 aromatic rings. The van der Waals surface area contributed by atoms with Crippen LogP contribution in [0.2, 0.25) is 5.02 Å². The zero-order valence-corrected chi connectivity index (χ0v) is 11.5. The minimum absolute atomic E-state index is 0.102. The molecule has 0 bridgehead atoms. The van der Waals surface area contributed by atoms with E-state index in [0.717, 1.165) is 10.6 Å². The molecule has 0 unspecified atom stereocenters. The van der Waals surface area contributed by atoms with Crippen molar-refractivity contribution in [3.8, 4) is 0 Å². The van der Waals surface area contributed by atoms with Gasteiger partial charge in [0, 0.05) is 18.1 Å². The largest absolute Gasteiger partial charge is 0.477 e. The van der Waals surface area contributed by atoms with Crippen molar-refractivity contribution in [2.75, 3.05) is 0 Å². The lowest BCUT2D eigenvalue weighted by atomic mass is 10.2. The predicted molar refractivity (Wildman–Crippen MR) is 77.2 cm³/mol. The lowest BCUT2D eigenvalue weighted by molar-refractivity contribution is 0.0686. The molecule has 0 aliphatic rings. The molecule has 3 rings (SSSR count). The average molecular weight is 306 g/mol. The topological polar surface area (TPSA) is 89.5 Å². The number of benzene rings is 1. The summed E-state index contributed by atoms with van der Waals surface area (Å²) in [4.78, 5) is 35.6. The van der Waals surface area contributed by atoms with Crippen LogP contribution in [0.5, 0.6) is 0 Å². The van der Waals surface area contributed by atoms with E-state index in [4.69, 9.17) is 21.1 Å². The first-order chi connectivity index (χ1) is 9.90. The summed E-state index contributed by atoms with van der Waals surface area (Å²) in [6.07, 6.45) is 0. The molecule has 2 heterocycles. The second-order valence-electron chi connectivity index (χ2n) is 4.51. The highest BCUT2D eigenvalue weighted by Gasteiger charge is 2.18. The molecule has 7 heteroatoms. The summed E-state index contributed by atoms with van der Waals surface area (Å²) >= 11 is 5.85. The van der Waals surface area contributed by atoms with E-state index < -0.39 is 16.8 Å². The fourth-order valence-electron chi connectivity index (χ4n) is 2.24. The maximum absolute atomic E-state index is 12.5. The zero-order chi connectivity index (χ0) is 15.3. The summed E-state index contributed by atoms with van der Waals surface area (Å²) in [5.41, 5.74) is -1.51. The lowest BCUT2D eigenvalue weighted by Crippen LogP contribution is -2.21. The molecule has 6 nitrogen and oxygen atoms in total. The number of halogens is 1. The number of nitrogens with zero attached hydrogens (tertiary/aromatic N) is 1. The molecule has 21 heavy (non-hydrogen) atoms. The fraction of sp³-hybridized carbons (Fsp3) is 0.0714. The Morgan fingerprint density at radius 1 is 1.29 bits per heavy atom. The quantitative estimate of drug-likeness (QED) is 0.694. The van der Waals surface area contributed by atoms with Crippen LogP contribution >= 0.6 is 11.6 Å². The minimum Gasteiger partial charge on any atom is -0.477 e. The van der Waals surface area contributed by atoms with Crippen molar-refractivity contribution in [2.24, 2.45) is 7.05 Å². The van der Waals surface area contributed by atoms with Crippen molar-refractivity contribution < 1.29 is 14.3 Å². The maximum atomic E-state index is 12.5. The zero-order valence-electron chi connectivity index (χ0n) is 10.7. The van der Waals surface area contributed by atoms with Gasteiger partial charge in [-0.25, -0.2) is 4.79 Å². The van der Waals surface area contributed by atoms with E-state index >= 15 is 0 Å². The Balaban J connectivity index is 2.65. The van der Waals surface area contributed by atoms with Gasteiger partial charge in [-0.1, -0.05) is 11.6 Å². The SMILES string of the molecule is Cn1c(C(=O)O)cc(=O)c2oc3ccc(Cl)cc3c(=O)c21. The molecule has 0 fully saturated rings. The van der Waals surface area contributed by atoms with E-state index in [0.29, 0.717) is 5.02 Å². The molecule has 106 valence electrons. The van der Waals surface area contributed by atoms with E-state index in [9.17, 15) is 14.4 Å². The van der Waals surface area contributed by atoms with Crippen molar-refractivity contribution in [2.45, 2.75) is 0 Å². The summed E-state index contributed by atoms with van der Waals surface area (Å²) in [5, 5.41) is 9.61. The van der Waals surface area contributed by atoms with Crippen molar-refractivity contribution in [3.05, 3.63) is 55.4 Å². The highest BCUT2D eigenvalue weighted by atomic mass is 35.5. The molecule has 0 atom stereocenters. The molecule has 0 aliphatic heterocycles. The number of aryl methyl sites for hydroxylation is 1. The first kappa shape index (κ1) is 13.4. The minimum atomic E-state index is -1.30. The highest BCUT2D eigenvalue weighted by Crippen LogP contribution is 2.20. The summed E-state index contributed by atoms with van der Waals surface area (Å²) in [7, 11) is 1.39. The van der Waals surface area contributed by atoms with Crippen LogP contribution in [0.1, 0.15) is 10.5 Å². The van der Waals surface area contributed by atoms with Crippen molar-refractivity contribution >= 4 is 39.6 Å². The Labute approximate surface area is 121 Å². The summed E-state index contributed by atoms with van der Waals surface area (Å²) in [6.45, 7) is 0. The first-order valence-corrected chi connectivity index (χ1v) is 6.27. The summed E-state index contributed by atoms with van der Waals surface area (Å²) in [5.74, 6) is -1.30. The number of carboxylic acid groups (broad SMARTS) is 1. The number of rotatable bonds is 1. The normalized spacial score (nSPS) is 11.1. The van der Waals surface area contributed by atoms with Gasteiger partial charge in [0.25, 0.3) is 0 Å². The smallest absolute Gasteiger partial charge is 0.352 e. The molecule has 0 aliphatic carbocycles. The Hall–Kier alpha value is -2.60. The molecule has 0 amide bonds. The summed E-state index contributed by atoms with van der Waals surface area (Å²) in [6, 6.07) is 5.37. The number of carbonyl (C=O) groups is 1. The van der Waals surface area contributed by atoms with Crippen molar-refractivity contribution in [3.63, 3.8) is 0 Å². The second kappa shape index (κ2) is 4.46. The third-order valence-electron chi connectivity index (χ3n) is 3.24. The van der Waals surface area contributed by atoms with Gasteiger partial charge in [-0.3, -0.25) is 9.59 Å². The van der Waals surface area contributed by atoms with Gasteiger partial charge < -0.3 is 14.1 Å². The standard InChI is InChI=1S/C14H8ClNO5/c1-16-8(14(19)20)5-9(17)13-11(16)12(18)7-4-6(15)2-3-10(7)21-13/h2-5H,1H3,(H,19,20). The van der Waals surface area contributed by atoms with Gasteiger partial charge in [0.15, 0.2) is 0 Å². The summed E-state index contributed by atoms with van der Waals surface area (Å²) < 4.78 is 6.57. The molecule has 0 saturated heterocycles. The Kier molecular flexibility index (Phi) is 2.84. The van der Waals surface area contributed by atoms with Gasteiger partial charge in [-0.05, 0) is 18.2 Å². The van der Waals surface area contributed by atoms with Crippen LogP contribution in [-0.2, 0) is 7.05 Å². The molecule has 0 spiro atoms. The number of carboxylic acids is 1. The predicted octanol–water partition coefficient (Wildman–Crippen LogP) is 2.00. The number of fused-ring (bicyclic) bond motifs is 2. The Morgan fingerprint density at radius 3 is 2.67 bits per heavy atom. The van der Waals surface area contributed by atoms with E-state index in [2.05, 4.69) is 0 Å². The number of pyridine rings is 1. The third-order valence-corrected chi connectivity index (χ3v) is 3.47. The van der Waals surface area contributed by atoms with Crippen molar-refractivity contribution in [1.29, 1.82) is 0 Å². The van der Waals surface area contributed by atoms with E-state index in [1.54, 1.807) is 0 Å². The van der Waals surface area contributed by atoms with Gasteiger partial charge in [0.1, 0.15) is 16.8 Å².